The van der Waals surface area contributed by atoms with Gasteiger partial charge in [-0.1, -0.05) is 6.07 Å². The van der Waals surface area contributed by atoms with Gasteiger partial charge in [0.2, 0.25) is 0 Å². The molecule has 0 amide bonds. The fourth-order valence-electron chi connectivity index (χ4n) is 2.53. The van der Waals surface area contributed by atoms with Crippen molar-refractivity contribution in [3.63, 3.8) is 0 Å². The molecule has 16 heavy (non-hydrogen) atoms. The van der Waals surface area contributed by atoms with Crippen LogP contribution in [-0.4, -0.2) is 25.0 Å². The monoisotopic (exact) mass is 235 g/mol. The minimum atomic E-state index is -0.135. The van der Waals surface area contributed by atoms with Crippen molar-refractivity contribution in [2.45, 2.75) is 12.3 Å². The quantitative estimate of drug-likeness (QED) is 0.731. The number of nitrogens with zero attached hydrogens (tertiary/aromatic N) is 1. The fourth-order valence-corrected chi connectivity index (χ4v) is 3.59. The normalized spacial score (nSPS) is 22.0. The van der Waals surface area contributed by atoms with Gasteiger partial charge in [-0.2, -0.15) is 0 Å². The van der Waals surface area contributed by atoms with Crippen LogP contribution in [0.3, 0.4) is 0 Å². The molecule has 2 aromatic rings. The molecule has 1 aliphatic heterocycles. The Labute approximate surface area is 98.5 Å². The van der Waals surface area contributed by atoms with Crippen LogP contribution in [-0.2, 0) is 0 Å². The molecule has 2 heterocycles. The maximum absolute atomic E-state index is 13.1. The first-order chi connectivity index (χ1) is 7.74. The van der Waals surface area contributed by atoms with Crippen LogP contribution in [0.2, 0.25) is 0 Å². The Hall–Kier alpha value is -0.930. The first-order valence-electron chi connectivity index (χ1n) is 5.59. The largest absolute Gasteiger partial charge is 0.306 e. The van der Waals surface area contributed by atoms with Gasteiger partial charge in [0.25, 0.3) is 0 Å². The first-order valence-corrected chi connectivity index (χ1v) is 6.47. The summed E-state index contributed by atoms with van der Waals surface area (Å²) in [5.74, 6) is 0.494. The molecule has 0 aliphatic carbocycles. The predicted molar refractivity (Wildman–Crippen MR) is 66.6 cm³/mol. The molecule has 1 aliphatic rings. The van der Waals surface area contributed by atoms with Gasteiger partial charge in [-0.05, 0) is 54.4 Å². The molecule has 3 rings (SSSR count). The maximum Gasteiger partial charge on any atom is 0.124 e. The Morgan fingerprint density at radius 1 is 1.44 bits per heavy atom. The van der Waals surface area contributed by atoms with E-state index in [-0.39, 0.29) is 5.82 Å². The van der Waals surface area contributed by atoms with Crippen molar-refractivity contribution in [2.75, 3.05) is 20.1 Å². The zero-order chi connectivity index (χ0) is 11.1. The van der Waals surface area contributed by atoms with Gasteiger partial charge in [-0.25, -0.2) is 4.39 Å². The van der Waals surface area contributed by atoms with Gasteiger partial charge in [-0.3, -0.25) is 0 Å². The summed E-state index contributed by atoms with van der Waals surface area (Å²) in [6.07, 6.45) is 1.22. The van der Waals surface area contributed by atoms with E-state index >= 15 is 0 Å². The number of fused-ring (bicyclic) bond motifs is 1. The van der Waals surface area contributed by atoms with Crippen LogP contribution in [0.25, 0.3) is 10.1 Å². The van der Waals surface area contributed by atoms with Crippen LogP contribution < -0.4 is 0 Å². The SMILES string of the molecule is CN1CC[C@H](c2csc3cc(F)ccc23)C1. The summed E-state index contributed by atoms with van der Waals surface area (Å²) in [5.41, 5.74) is 1.41. The highest BCUT2D eigenvalue weighted by atomic mass is 32.1. The van der Waals surface area contributed by atoms with Crippen molar-refractivity contribution in [1.29, 1.82) is 0 Å². The van der Waals surface area contributed by atoms with Gasteiger partial charge in [0, 0.05) is 11.2 Å². The van der Waals surface area contributed by atoms with E-state index in [9.17, 15) is 4.39 Å². The highest BCUT2D eigenvalue weighted by Gasteiger charge is 2.23. The summed E-state index contributed by atoms with van der Waals surface area (Å²) in [6.45, 7) is 2.30. The van der Waals surface area contributed by atoms with Crippen molar-refractivity contribution >= 4 is 21.4 Å². The molecule has 1 nitrogen and oxygen atoms in total. The predicted octanol–water partition coefficient (Wildman–Crippen LogP) is 3.46. The van der Waals surface area contributed by atoms with E-state index in [1.807, 2.05) is 6.07 Å². The van der Waals surface area contributed by atoms with Crippen LogP contribution in [0.5, 0.6) is 0 Å². The molecule has 0 radical (unpaired) electrons. The van der Waals surface area contributed by atoms with E-state index in [4.69, 9.17) is 0 Å². The molecule has 1 fully saturated rings. The minimum absolute atomic E-state index is 0.135. The molecule has 0 unspecified atom stereocenters. The highest BCUT2D eigenvalue weighted by molar-refractivity contribution is 7.17. The van der Waals surface area contributed by atoms with Gasteiger partial charge in [0.1, 0.15) is 5.82 Å². The molecule has 0 bridgehead atoms. The van der Waals surface area contributed by atoms with E-state index in [1.165, 1.54) is 23.9 Å². The van der Waals surface area contributed by atoms with E-state index in [2.05, 4.69) is 17.3 Å². The lowest BCUT2D eigenvalue weighted by Crippen LogP contribution is -2.13. The summed E-state index contributed by atoms with van der Waals surface area (Å²) in [5, 5.41) is 3.44. The molecule has 1 aromatic carbocycles. The summed E-state index contributed by atoms with van der Waals surface area (Å²) < 4.78 is 14.2. The maximum atomic E-state index is 13.1. The van der Waals surface area contributed by atoms with Crippen molar-refractivity contribution in [1.82, 2.24) is 4.90 Å². The number of hydrogen-bond acceptors (Lipinski definition) is 2. The van der Waals surface area contributed by atoms with Gasteiger partial charge in [0.05, 0.1) is 0 Å². The standard InChI is InChI=1S/C13H14FNS/c1-15-5-4-9(7-15)12-8-16-13-6-10(14)2-3-11(12)13/h2-3,6,8-9H,4-5,7H2,1H3/t9-/m0/s1. The molecular weight excluding hydrogens is 221 g/mol. The lowest BCUT2D eigenvalue weighted by molar-refractivity contribution is 0.412. The lowest BCUT2D eigenvalue weighted by atomic mass is 9.98. The van der Waals surface area contributed by atoms with Crippen molar-refractivity contribution < 1.29 is 4.39 Å². The number of benzene rings is 1. The van der Waals surface area contributed by atoms with Gasteiger partial charge < -0.3 is 4.90 Å². The van der Waals surface area contributed by atoms with Crippen LogP contribution in [0, 0.1) is 5.82 Å². The Balaban J connectivity index is 2.04. The fraction of sp³-hybridized carbons (Fsp3) is 0.385. The third kappa shape index (κ3) is 1.64. The number of hydrogen-bond donors (Lipinski definition) is 0. The zero-order valence-corrected chi connectivity index (χ0v) is 10.1. The summed E-state index contributed by atoms with van der Waals surface area (Å²) in [4.78, 5) is 2.36. The second kappa shape index (κ2) is 3.82. The molecule has 0 N–H and O–H groups in total. The molecule has 0 spiro atoms. The molecule has 3 heteroatoms. The smallest absolute Gasteiger partial charge is 0.124 e. The van der Waals surface area contributed by atoms with Crippen molar-refractivity contribution in [3.05, 3.63) is 35.0 Å². The molecule has 1 atom stereocenters. The number of rotatable bonds is 1. The minimum Gasteiger partial charge on any atom is -0.306 e. The highest BCUT2D eigenvalue weighted by Crippen LogP contribution is 2.35. The van der Waals surface area contributed by atoms with E-state index in [0.29, 0.717) is 5.92 Å². The second-order valence-electron chi connectivity index (χ2n) is 4.58. The molecule has 84 valence electrons. The van der Waals surface area contributed by atoms with E-state index in [1.54, 1.807) is 23.5 Å². The van der Waals surface area contributed by atoms with Crippen LogP contribution in [0.1, 0.15) is 17.9 Å². The molecule has 0 saturated carbocycles. The average Bonchev–Trinajstić information content (AvgIpc) is 2.83. The van der Waals surface area contributed by atoms with Crippen molar-refractivity contribution in [2.24, 2.45) is 0 Å². The zero-order valence-electron chi connectivity index (χ0n) is 9.24. The van der Waals surface area contributed by atoms with Crippen molar-refractivity contribution in [3.8, 4) is 0 Å². The van der Waals surface area contributed by atoms with E-state index in [0.717, 1.165) is 11.2 Å². The second-order valence-corrected chi connectivity index (χ2v) is 5.49. The third-order valence-electron chi connectivity index (χ3n) is 3.40. The van der Waals surface area contributed by atoms with Gasteiger partial charge >= 0.3 is 0 Å². The summed E-state index contributed by atoms with van der Waals surface area (Å²) in [7, 11) is 2.16. The third-order valence-corrected chi connectivity index (χ3v) is 4.36. The molecule has 1 aromatic heterocycles. The Kier molecular flexibility index (Phi) is 2.45. The summed E-state index contributed by atoms with van der Waals surface area (Å²) in [6, 6.07) is 5.13. The lowest BCUT2D eigenvalue weighted by Gasteiger charge is -2.09. The first kappa shape index (κ1) is 10.2. The van der Waals surface area contributed by atoms with Gasteiger partial charge in [-0.15, -0.1) is 11.3 Å². The Morgan fingerprint density at radius 3 is 3.06 bits per heavy atom. The number of likely N-dealkylation sites (tertiary alicyclic amines) is 1. The average molecular weight is 235 g/mol. The van der Waals surface area contributed by atoms with Crippen LogP contribution >= 0.6 is 11.3 Å². The van der Waals surface area contributed by atoms with Gasteiger partial charge in [0.15, 0.2) is 0 Å². The summed E-state index contributed by atoms with van der Waals surface area (Å²) >= 11 is 1.66. The Morgan fingerprint density at radius 2 is 2.31 bits per heavy atom. The number of thiophene rings is 1. The van der Waals surface area contributed by atoms with Crippen LogP contribution in [0.4, 0.5) is 4.39 Å². The van der Waals surface area contributed by atoms with Crippen LogP contribution in [0.15, 0.2) is 23.6 Å². The molecule has 1 saturated heterocycles. The Bertz CT molecular complexity index is 520. The number of likely N-dealkylation sites (N-methyl/N-ethyl adjacent to an activating group) is 1. The molecular formula is C13H14FNS. The topological polar surface area (TPSA) is 3.24 Å². The number of halogens is 1. The van der Waals surface area contributed by atoms with E-state index < -0.39 is 0 Å².